The average molecular weight is 402 g/mol. The highest BCUT2D eigenvalue weighted by molar-refractivity contribution is 9.11. The van der Waals surface area contributed by atoms with Gasteiger partial charge >= 0.3 is 5.69 Å². The van der Waals surface area contributed by atoms with Crippen molar-refractivity contribution >= 4 is 42.9 Å². The second kappa shape index (κ2) is 4.23. The molecule has 108 valence electrons. The molecule has 0 radical (unpaired) electrons. The van der Waals surface area contributed by atoms with Gasteiger partial charge in [0.2, 0.25) is 0 Å². The third-order valence-electron chi connectivity index (χ3n) is 5.36. The summed E-state index contributed by atoms with van der Waals surface area (Å²) < 4.78 is 1.03. The molecule has 3 nitrogen and oxygen atoms in total. The van der Waals surface area contributed by atoms with Crippen LogP contribution in [0.1, 0.15) is 38.1 Å². The van der Waals surface area contributed by atoms with Crippen LogP contribution in [0, 0.1) is 16.7 Å². The molecule has 1 unspecified atom stereocenters. The van der Waals surface area contributed by atoms with Gasteiger partial charge in [-0.3, -0.25) is 0 Å². The Labute approximate surface area is 134 Å². The van der Waals surface area contributed by atoms with Crippen LogP contribution in [0.5, 0.6) is 0 Å². The van der Waals surface area contributed by atoms with E-state index in [0.29, 0.717) is 16.7 Å². The third kappa shape index (κ3) is 1.86. The quantitative estimate of drug-likeness (QED) is 0.701. The fourth-order valence-electron chi connectivity index (χ4n) is 3.44. The van der Waals surface area contributed by atoms with Gasteiger partial charge in [-0.15, -0.1) is 0 Å². The normalized spacial score (nSPS) is 22.1. The van der Waals surface area contributed by atoms with E-state index in [9.17, 15) is 4.79 Å². The highest BCUT2D eigenvalue weighted by atomic mass is 79.9. The van der Waals surface area contributed by atoms with Gasteiger partial charge in [0, 0.05) is 9.30 Å². The van der Waals surface area contributed by atoms with Gasteiger partial charge in [0.25, 0.3) is 0 Å². The van der Waals surface area contributed by atoms with Gasteiger partial charge in [-0.25, -0.2) is 4.79 Å². The van der Waals surface area contributed by atoms with Gasteiger partial charge in [-0.1, -0.05) is 59.6 Å². The summed E-state index contributed by atoms with van der Waals surface area (Å²) in [6, 6.07) is 4.03. The van der Waals surface area contributed by atoms with E-state index in [1.54, 1.807) is 0 Å². The van der Waals surface area contributed by atoms with E-state index in [1.807, 2.05) is 6.07 Å². The lowest BCUT2D eigenvalue weighted by atomic mass is 10.0. The minimum atomic E-state index is -0.165. The summed E-state index contributed by atoms with van der Waals surface area (Å²) in [5.41, 5.74) is 3.33. The van der Waals surface area contributed by atoms with Crippen molar-refractivity contribution < 1.29 is 0 Å². The molecule has 5 heteroatoms. The van der Waals surface area contributed by atoms with E-state index in [1.165, 1.54) is 5.56 Å². The standard InChI is InChI=1S/C15H18Br2N2O/c1-14(2)12(15(14,3)4)11(17)7-5-9-10(6-8(7)16)19-13(20)18-9/h5-6,11-12H,1-4H3,(H2,18,19,20). The summed E-state index contributed by atoms with van der Waals surface area (Å²) in [7, 11) is 0. The number of benzene rings is 1. The largest absolute Gasteiger partial charge is 0.323 e. The summed E-state index contributed by atoms with van der Waals surface area (Å²) in [6.07, 6.45) is 0. The van der Waals surface area contributed by atoms with Crippen LogP contribution in [0.15, 0.2) is 21.4 Å². The maximum Gasteiger partial charge on any atom is 0.323 e. The Morgan fingerprint density at radius 1 is 1.10 bits per heavy atom. The number of rotatable bonds is 2. The molecule has 0 spiro atoms. The first-order chi connectivity index (χ1) is 9.16. The van der Waals surface area contributed by atoms with Crippen molar-refractivity contribution in [2.24, 2.45) is 16.7 Å². The molecule has 1 fully saturated rings. The summed E-state index contributed by atoms with van der Waals surface area (Å²) in [5.74, 6) is 0.564. The van der Waals surface area contributed by atoms with Crippen LogP contribution in [-0.2, 0) is 0 Å². The predicted octanol–water partition coefficient (Wildman–Crippen LogP) is 4.74. The molecule has 3 rings (SSSR count). The zero-order chi connectivity index (χ0) is 14.9. The molecule has 2 aromatic rings. The van der Waals surface area contributed by atoms with Crippen molar-refractivity contribution in [1.82, 2.24) is 9.97 Å². The number of aromatic nitrogens is 2. The molecule has 1 saturated carbocycles. The van der Waals surface area contributed by atoms with Gasteiger partial charge in [-0.2, -0.15) is 0 Å². The van der Waals surface area contributed by atoms with Crippen LogP contribution in [0.2, 0.25) is 0 Å². The Morgan fingerprint density at radius 2 is 1.60 bits per heavy atom. The van der Waals surface area contributed by atoms with Gasteiger partial charge < -0.3 is 9.97 Å². The van der Waals surface area contributed by atoms with E-state index in [4.69, 9.17) is 0 Å². The van der Waals surface area contributed by atoms with E-state index in [0.717, 1.165) is 15.5 Å². The van der Waals surface area contributed by atoms with Crippen LogP contribution in [0.25, 0.3) is 11.0 Å². The molecule has 2 N–H and O–H groups in total. The number of alkyl halides is 1. The van der Waals surface area contributed by atoms with Crippen LogP contribution in [-0.4, -0.2) is 9.97 Å². The second-order valence-corrected chi connectivity index (χ2v) is 8.66. The van der Waals surface area contributed by atoms with E-state index < -0.39 is 0 Å². The molecule has 1 aromatic heterocycles. The molecule has 1 aliphatic carbocycles. The van der Waals surface area contributed by atoms with Crippen LogP contribution < -0.4 is 5.69 Å². The highest BCUT2D eigenvalue weighted by Crippen LogP contribution is 2.74. The predicted molar refractivity (Wildman–Crippen MR) is 89.3 cm³/mol. The van der Waals surface area contributed by atoms with Gasteiger partial charge in [0.1, 0.15) is 0 Å². The molecular weight excluding hydrogens is 384 g/mol. The second-order valence-electron chi connectivity index (χ2n) is 6.82. The van der Waals surface area contributed by atoms with Crippen molar-refractivity contribution in [1.29, 1.82) is 0 Å². The molecule has 0 saturated heterocycles. The lowest BCUT2D eigenvalue weighted by molar-refractivity contribution is 0.457. The molecule has 1 aliphatic rings. The number of aromatic amines is 2. The Balaban J connectivity index is 2.06. The molecule has 0 amide bonds. The first kappa shape index (κ1) is 14.4. The van der Waals surface area contributed by atoms with Crippen molar-refractivity contribution in [3.8, 4) is 0 Å². The number of nitrogens with one attached hydrogen (secondary N) is 2. The first-order valence-electron chi connectivity index (χ1n) is 6.72. The monoisotopic (exact) mass is 400 g/mol. The fraction of sp³-hybridized carbons (Fsp3) is 0.533. The number of imidazole rings is 1. The molecular formula is C15H18Br2N2O. The fourth-order valence-corrected chi connectivity index (χ4v) is 6.04. The molecule has 1 aromatic carbocycles. The third-order valence-corrected chi connectivity index (χ3v) is 7.06. The summed E-state index contributed by atoms with van der Waals surface area (Å²) in [4.78, 5) is 17.3. The Bertz CT molecular complexity index is 728. The van der Waals surface area contributed by atoms with Crippen molar-refractivity contribution in [3.05, 3.63) is 32.7 Å². The van der Waals surface area contributed by atoms with E-state index in [-0.39, 0.29) is 10.5 Å². The minimum absolute atomic E-state index is 0.165. The van der Waals surface area contributed by atoms with Gasteiger partial charge in [0.05, 0.1) is 11.0 Å². The highest BCUT2D eigenvalue weighted by Gasteiger charge is 2.67. The molecule has 0 aliphatic heterocycles. The number of H-pyrrole nitrogens is 2. The maximum absolute atomic E-state index is 11.4. The average Bonchev–Trinajstić information content (AvgIpc) is 2.60. The van der Waals surface area contributed by atoms with Gasteiger partial charge in [0.15, 0.2) is 0 Å². The van der Waals surface area contributed by atoms with Crippen LogP contribution in [0.3, 0.4) is 0 Å². The zero-order valence-electron chi connectivity index (χ0n) is 12.0. The van der Waals surface area contributed by atoms with Gasteiger partial charge in [-0.05, 0) is 34.4 Å². The zero-order valence-corrected chi connectivity index (χ0v) is 15.1. The van der Waals surface area contributed by atoms with Crippen molar-refractivity contribution in [3.63, 3.8) is 0 Å². The van der Waals surface area contributed by atoms with Crippen molar-refractivity contribution in [2.75, 3.05) is 0 Å². The molecule has 1 heterocycles. The molecule has 1 atom stereocenters. The number of hydrogen-bond acceptors (Lipinski definition) is 1. The number of hydrogen-bond donors (Lipinski definition) is 2. The lowest BCUT2D eigenvalue weighted by Crippen LogP contribution is -2.00. The Kier molecular flexibility index (Phi) is 3.04. The smallest absolute Gasteiger partial charge is 0.306 e. The summed E-state index contributed by atoms with van der Waals surface area (Å²) >= 11 is 7.51. The summed E-state index contributed by atoms with van der Waals surface area (Å²) in [5, 5.41) is 0. The van der Waals surface area contributed by atoms with Crippen molar-refractivity contribution in [2.45, 2.75) is 32.5 Å². The Hall–Kier alpha value is -0.550. The minimum Gasteiger partial charge on any atom is -0.306 e. The Morgan fingerprint density at radius 3 is 2.10 bits per heavy atom. The van der Waals surface area contributed by atoms with E-state index >= 15 is 0 Å². The van der Waals surface area contributed by atoms with Crippen LogP contribution >= 0.6 is 31.9 Å². The number of fused-ring (bicyclic) bond motifs is 1. The lowest BCUT2D eigenvalue weighted by Gasteiger charge is -2.14. The molecule has 20 heavy (non-hydrogen) atoms. The topological polar surface area (TPSA) is 48.6 Å². The number of halogens is 2. The SMILES string of the molecule is CC1(C)C(C(Br)c2cc3[nH]c(=O)[nH]c3cc2Br)C1(C)C. The van der Waals surface area contributed by atoms with E-state index in [2.05, 4.69) is 75.6 Å². The first-order valence-corrected chi connectivity index (χ1v) is 8.42. The van der Waals surface area contributed by atoms with Crippen LogP contribution in [0.4, 0.5) is 0 Å². The summed E-state index contributed by atoms with van der Waals surface area (Å²) in [6.45, 7) is 9.26. The molecule has 0 bridgehead atoms. The maximum atomic E-state index is 11.4.